The predicted octanol–water partition coefficient (Wildman–Crippen LogP) is 3.05. The number of nitrogens with zero attached hydrogens (tertiary/aromatic N) is 4. The van der Waals surface area contributed by atoms with Crippen LogP contribution in [-0.2, 0) is 4.74 Å². The lowest BCUT2D eigenvalue weighted by molar-refractivity contribution is 0.170. The minimum Gasteiger partial charge on any atom is -0.447 e. The molecule has 2 fully saturated rings. The highest BCUT2D eigenvalue weighted by Crippen LogP contribution is 2.30. The third-order valence-electron chi connectivity index (χ3n) is 5.24. The van der Waals surface area contributed by atoms with Crippen molar-refractivity contribution < 1.29 is 9.53 Å². The molecule has 0 aromatic carbocycles. The highest BCUT2D eigenvalue weighted by atomic mass is 16.6. The predicted molar refractivity (Wildman–Crippen MR) is 93.2 cm³/mol. The van der Waals surface area contributed by atoms with Gasteiger partial charge in [-0.05, 0) is 45.7 Å². The molecule has 2 aliphatic rings. The molecule has 6 nitrogen and oxygen atoms in total. The topological polar surface area (TPSA) is 58.6 Å². The Morgan fingerprint density at radius 2 is 1.88 bits per heavy atom. The Labute approximate surface area is 144 Å². The zero-order valence-electron chi connectivity index (χ0n) is 15.1. The number of piperidine rings is 1. The highest BCUT2D eigenvalue weighted by molar-refractivity contribution is 5.89. The van der Waals surface area contributed by atoms with Crippen LogP contribution in [-0.4, -0.2) is 52.7 Å². The van der Waals surface area contributed by atoms with Crippen LogP contribution in [0.1, 0.15) is 52.1 Å². The minimum absolute atomic E-state index is 0.0323. The first-order valence-electron chi connectivity index (χ1n) is 8.99. The summed E-state index contributed by atoms with van der Waals surface area (Å²) >= 11 is 0. The molecule has 6 heteroatoms. The summed E-state index contributed by atoms with van der Waals surface area (Å²) in [6.07, 6.45) is 5.40. The quantitative estimate of drug-likeness (QED) is 0.848. The fourth-order valence-corrected chi connectivity index (χ4v) is 3.58. The standard InChI is InChI=1S/C18H28N4O2/c1-12(2)16-11-24-18(23)22(16)17-10-19-9-15(20-17)14-5-7-21(8-6-14)13(3)4/h9-10,12-14,16H,5-8,11H2,1-4H3/t16-/m0/s1. The van der Waals surface area contributed by atoms with Gasteiger partial charge in [0.2, 0.25) is 0 Å². The van der Waals surface area contributed by atoms with E-state index in [1.807, 2.05) is 6.20 Å². The number of cyclic esters (lactones) is 1. The summed E-state index contributed by atoms with van der Waals surface area (Å²) in [7, 11) is 0. The maximum Gasteiger partial charge on any atom is 0.415 e. The average molecular weight is 332 g/mol. The molecular weight excluding hydrogens is 304 g/mol. The van der Waals surface area contributed by atoms with Crippen molar-refractivity contribution in [1.29, 1.82) is 0 Å². The van der Waals surface area contributed by atoms with Crippen molar-refractivity contribution in [2.75, 3.05) is 24.6 Å². The summed E-state index contributed by atoms with van der Waals surface area (Å²) < 4.78 is 5.23. The number of likely N-dealkylation sites (tertiary alicyclic amines) is 1. The van der Waals surface area contributed by atoms with E-state index >= 15 is 0 Å². The fraction of sp³-hybridized carbons (Fsp3) is 0.722. The molecule has 2 aliphatic heterocycles. The van der Waals surface area contributed by atoms with Crippen LogP contribution in [0.2, 0.25) is 0 Å². The molecular formula is C18H28N4O2. The number of amides is 1. The Morgan fingerprint density at radius 1 is 1.17 bits per heavy atom. The number of rotatable bonds is 4. The van der Waals surface area contributed by atoms with Crippen molar-refractivity contribution in [2.24, 2.45) is 5.92 Å². The number of carbonyl (C=O) groups is 1. The fourth-order valence-electron chi connectivity index (χ4n) is 3.58. The van der Waals surface area contributed by atoms with Crippen LogP contribution < -0.4 is 4.90 Å². The molecule has 2 saturated heterocycles. The molecule has 1 aromatic heterocycles. The van der Waals surface area contributed by atoms with Gasteiger partial charge in [-0.3, -0.25) is 9.88 Å². The SMILES string of the molecule is CC(C)[C@@H]1COC(=O)N1c1cncc(C2CCN(C(C)C)CC2)n1. The first-order valence-corrected chi connectivity index (χ1v) is 8.99. The number of carbonyl (C=O) groups excluding carboxylic acids is 1. The lowest BCUT2D eigenvalue weighted by atomic mass is 9.93. The molecule has 0 saturated carbocycles. The molecule has 0 N–H and O–H groups in total. The van der Waals surface area contributed by atoms with Gasteiger partial charge >= 0.3 is 6.09 Å². The first-order chi connectivity index (χ1) is 11.5. The Morgan fingerprint density at radius 3 is 2.50 bits per heavy atom. The number of ether oxygens (including phenoxy) is 1. The van der Waals surface area contributed by atoms with E-state index in [4.69, 9.17) is 9.72 Å². The van der Waals surface area contributed by atoms with Crippen molar-refractivity contribution in [3.8, 4) is 0 Å². The maximum atomic E-state index is 12.1. The van der Waals surface area contributed by atoms with Gasteiger partial charge in [0, 0.05) is 18.2 Å². The highest BCUT2D eigenvalue weighted by Gasteiger charge is 2.37. The molecule has 24 heavy (non-hydrogen) atoms. The van der Waals surface area contributed by atoms with Gasteiger partial charge in [0.05, 0.1) is 17.9 Å². The Balaban J connectivity index is 1.76. The molecule has 1 atom stereocenters. The summed E-state index contributed by atoms with van der Waals surface area (Å²) in [5, 5.41) is 0. The smallest absolute Gasteiger partial charge is 0.415 e. The van der Waals surface area contributed by atoms with E-state index in [-0.39, 0.29) is 12.1 Å². The van der Waals surface area contributed by atoms with Crippen molar-refractivity contribution in [3.05, 3.63) is 18.1 Å². The summed E-state index contributed by atoms with van der Waals surface area (Å²) in [4.78, 5) is 25.4. The van der Waals surface area contributed by atoms with Crippen molar-refractivity contribution in [3.63, 3.8) is 0 Å². The van der Waals surface area contributed by atoms with Gasteiger partial charge in [-0.2, -0.15) is 0 Å². The van der Waals surface area contributed by atoms with Crippen molar-refractivity contribution in [2.45, 2.75) is 58.5 Å². The third-order valence-corrected chi connectivity index (χ3v) is 5.24. The largest absolute Gasteiger partial charge is 0.447 e. The Bertz CT molecular complexity index is 582. The van der Waals surface area contributed by atoms with Gasteiger partial charge in [-0.25, -0.2) is 9.78 Å². The van der Waals surface area contributed by atoms with Crippen LogP contribution in [0.4, 0.5) is 10.6 Å². The van der Waals surface area contributed by atoms with E-state index in [1.165, 1.54) is 0 Å². The normalized spacial score (nSPS) is 23.3. The van der Waals surface area contributed by atoms with Crippen molar-refractivity contribution in [1.82, 2.24) is 14.9 Å². The van der Waals surface area contributed by atoms with Gasteiger partial charge in [0.1, 0.15) is 6.61 Å². The first kappa shape index (κ1) is 17.1. The molecule has 0 unspecified atom stereocenters. The third kappa shape index (κ3) is 3.38. The van der Waals surface area contributed by atoms with Gasteiger partial charge in [-0.1, -0.05) is 13.8 Å². The van der Waals surface area contributed by atoms with E-state index in [1.54, 1.807) is 11.1 Å². The van der Waals surface area contributed by atoms with Crippen molar-refractivity contribution >= 4 is 11.9 Å². The van der Waals surface area contributed by atoms with Gasteiger partial charge < -0.3 is 9.64 Å². The molecule has 1 amide bonds. The average Bonchev–Trinajstić information content (AvgIpc) is 2.97. The number of aromatic nitrogens is 2. The second-order valence-corrected chi connectivity index (χ2v) is 7.46. The van der Waals surface area contributed by atoms with E-state index < -0.39 is 0 Å². The zero-order chi connectivity index (χ0) is 17.3. The van der Waals surface area contributed by atoms with Gasteiger partial charge in [0.15, 0.2) is 5.82 Å². The lowest BCUT2D eigenvalue weighted by Gasteiger charge is -2.34. The van der Waals surface area contributed by atoms with Gasteiger partial charge in [0.25, 0.3) is 0 Å². The van der Waals surface area contributed by atoms with Crippen LogP contribution in [0.25, 0.3) is 0 Å². The number of anilines is 1. The minimum atomic E-state index is -0.310. The number of hydrogen-bond donors (Lipinski definition) is 0. The maximum absolute atomic E-state index is 12.1. The molecule has 0 radical (unpaired) electrons. The van der Waals surface area contributed by atoms with E-state index in [0.717, 1.165) is 31.6 Å². The van der Waals surface area contributed by atoms with E-state index in [2.05, 4.69) is 37.6 Å². The van der Waals surface area contributed by atoms with E-state index in [9.17, 15) is 4.79 Å². The summed E-state index contributed by atoms with van der Waals surface area (Å²) in [5.74, 6) is 1.36. The van der Waals surface area contributed by atoms with Crippen LogP contribution >= 0.6 is 0 Å². The number of hydrogen-bond acceptors (Lipinski definition) is 5. The molecule has 1 aromatic rings. The molecule has 0 spiro atoms. The second-order valence-electron chi connectivity index (χ2n) is 7.46. The van der Waals surface area contributed by atoms with Gasteiger partial charge in [-0.15, -0.1) is 0 Å². The summed E-state index contributed by atoms with van der Waals surface area (Å²) in [6.45, 7) is 11.3. The molecule has 3 rings (SSSR count). The monoisotopic (exact) mass is 332 g/mol. The summed E-state index contributed by atoms with van der Waals surface area (Å²) in [6, 6.07) is 0.624. The molecule has 0 bridgehead atoms. The van der Waals surface area contributed by atoms with Crippen LogP contribution in [0, 0.1) is 5.92 Å². The Kier molecular flexibility index (Phi) is 5.04. The van der Waals surface area contributed by atoms with Crippen LogP contribution in [0.5, 0.6) is 0 Å². The second kappa shape index (κ2) is 7.05. The van der Waals surface area contributed by atoms with Crippen LogP contribution in [0.15, 0.2) is 12.4 Å². The molecule has 0 aliphatic carbocycles. The lowest BCUT2D eigenvalue weighted by Crippen LogP contribution is -2.39. The molecule has 3 heterocycles. The van der Waals surface area contributed by atoms with E-state index in [0.29, 0.717) is 30.3 Å². The Hall–Kier alpha value is -1.69. The zero-order valence-corrected chi connectivity index (χ0v) is 15.1. The summed E-state index contributed by atoms with van der Waals surface area (Å²) in [5.41, 5.74) is 0.998. The van der Waals surface area contributed by atoms with Crippen LogP contribution in [0.3, 0.4) is 0 Å². The molecule has 132 valence electrons.